The Morgan fingerprint density at radius 1 is 0.262 bits per heavy atom. The van der Waals surface area contributed by atoms with E-state index in [0.717, 1.165) is 55.0 Å². The lowest BCUT2D eigenvalue weighted by molar-refractivity contribution is 1.31. The van der Waals surface area contributed by atoms with E-state index in [9.17, 15) is 0 Å². The number of aromatic nitrogens is 2. The van der Waals surface area contributed by atoms with Crippen LogP contribution in [0.3, 0.4) is 0 Å². The molecule has 2 nitrogen and oxygen atoms in total. The van der Waals surface area contributed by atoms with Crippen LogP contribution in [0.25, 0.3) is 120 Å². The lowest BCUT2D eigenvalue weighted by Gasteiger charge is -2.14. The van der Waals surface area contributed by atoms with Crippen molar-refractivity contribution in [2.45, 2.75) is 0 Å². The normalized spacial score (nSPS) is 11.6. The maximum atomic E-state index is 5.45. The maximum Gasteiger partial charge on any atom is 0.0979 e. The Hall–Kier alpha value is -7.72. The second kappa shape index (κ2) is 14.5. The Balaban J connectivity index is 0.994. The van der Waals surface area contributed by atoms with Crippen LogP contribution in [0.15, 0.2) is 219 Å². The van der Waals surface area contributed by atoms with Crippen LogP contribution in [0.1, 0.15) is 0 Å². The van der Waals surface area contributed by atoms with Gasteiger partial charge in [0.15, 0.2) is 0 Å². The molecule has 61 heavy (non-hydrogen) atoms. The summed E-state index contributed by atoms with van der Waals surface area (Å²) in [4.78, 5) is 10.7. The van der Waals surface area contributed by atoms with Crippen LogP contribution in [-0.2, 0) is 0 Å². The molecule has 0 unspecified atom stereocenters. The highest BCUT2D eigenvalue weighted by Gasteiger charge is 2.16. The van der Waals surface area contributed by atoms with Gasteiger partial charge in [-0.15, -0.1) is 11.3 Å². The summed E-state index contributed by atoms with van der Waals surface area (Å²) in [6.45, 7) is 0. The summed E-state index contributed by atoms with van der Waals surface area (Å²) in [7, 11) is 0. The van der Waals surface area contributed by atoms with Crippen molar-refractivity contribution >= 4 is 64.1 Å². The monoisotopic (exact) mass is 792 g/mol. The molecule has 0 atom stereocenters. The van der Waals surface area contributed by atoms with Gasteiger partial charge in [-0.05, 0) is 103 Å². The van der Waals surface area contributed by atoms with E-state index < -0.39 is 0 Å². The van der Waals surface area contributed by atoms with Gasteiger partial charge in [-0.1, -0.05) is 176 Å². The van der Waals surface area contributed by atoms with Crippen molar-refractivity contribution in [3.05, 3.63) is 219 Å². The van der Waals surface area contributed by atoms with Crippen molar-refractivity contribution in [1.82, 2.24) is 9.97 Å². The largest absolute Gasteiger partial charge is 0.252 e. The summed E-state index contributed by atoms with van der Waals surface area (Å²) in [6.07, 6.45) is 1.95. The zero-order valence-corrected chi connectivity index (χ0v) is 33.9. The van der Waals surface area contributed by atoms with Crippen LogP contribution < -0.4 is 0 Å². The number of nitrogens with zero attached hydrogens (tertiary/aromatic N) is 2. The van der Waals surface area contributed by atoms with Crippen molar-refractivity contribution in [3.63, 3.8) is 0 Å². The highest BCUT2D eigenvalue weighted by atomic mass is 32.1. The maximum absolute atomic E-state index is 5.45. The Bertz CT molecular complexity index is 3610. The number of fused-ring (bicyclic) bond motifs is 9. The van der Waals surface area contributed by atoms with Crippen molar-refractivity contribution < 1.29 is 0 Å². The minimum Gasteiger partial charge on any atom is -0.252 e. The Labute approximate surface area is 357 Å². The quantitative estimate of drug-likeness (QED) is 0.157. The first-order chi connectivity index (χ1) is 30.2. The van der Waals surface area contributed by atoms with Gasteiger partial charge in [0, 0.05) is 36.5 Å². The number of thiophene rings is 1. The van der Waals surface area contributed by atoms with Gasteiger partial charge < -0.3 is 0 Å². The molecule has 10 aromatic carbocycles. The minimum absolute atomic E-state index is 0.854. The highest BCUT2D eigenvalue weighted by Crippen LogP contribution is 2.40. The third kappa shape index (κ3) is 6.26. The summed E-state index contributed by atoms with van der Waals surface area (Å²) in [5.74, 6) is 0. The fourth-order valence-electron chi connectivity index (χ4n) is 8.95. The Morgan fingerprint density at radius 2 is 0.689 bits per heavy atom. The third-order valence-electron chi connectivity index (χ3n) is 12.1. The van der Waals surface area contributed by atoms with Gasteiger partial charge in [0.25, 0.3) is 0 Å². The summed E-state index contributed by atoms with van der Waals surface area (Å²) < 4.78 is 2.62. The van der Waals surface area contributed by atoms with Crippen molar-refractivity contribution in [3.8, 4) is 66.9 Å². The number of hydrogen-bond donors (Lipinski definition) is 0. The van der Waals surface area contributed by atoms with E-state index in [0.29, 0.717) is 0 Å². The van der Waals surface area contributed by atoms with E-state index in [1.807, 2.05) is 17.5 Å². The van der Waals surface area contributed by atoms with Crippen molar-refractivity contribution in [2.75, 3.05) is 0 Å². The second-order valence-electron chi connectivity index (χ2n) is 15.7. The standard InChI is InChI=1S/C58H36N2S/c1-3-10-37(11-4-1)39-18-22-41(23-19-39)44-26-29-49-51(33-44)52-34-45(42-24-20-40(21-25-42)38-12-5-2-6-13-38)27-30-50(52)58-57(49)59-36-54(60-58)47-15-9-14-43(32-47)46-28-31-56-53(35-46)48-16-7-8-17-55(48)61-56/h1-36H. The zero-order valence-electron chi connectivity index (χ0n) is 33.1. The SMILES string of the molecule is c1ccc(-c2ccc(-c3ccc4c(c3)c3cc(-c5ccc(-c6ccccc6)cc5)ccc3c3nc(-c5cccc(-c6ccc7sc8ccccc8c7c6)c5)cnc43)cc2)cc1. The van der Waals surface area contributed by atoms with E-state index in [-0.39, 0.29) is 0 Å². The van der Waals surface area contributed by atoms with Gasteiger partial charge in [-0.2, -0.15) is 0 Å². The van der Waals surface area contributed by atoms with E-state index >= 15 is 0 Å². The molecule has 0 bridgehead atoms. The predicted octanol–water partition coefficient (Wildman–Crippen LogP) is 16.3. The molecular formula is C58H36N2S. The predicted molar refractivity (Wildman–Crippen MR) is 260 cm³/mol. The van der Waals surface area contributed by atoms with Crippen molar-refractivity contribution in [2.24, 2.45) is 0 Å². The molecule has 0 saturated heterocycles. The van der Waals surface area contributed by atoms with Crippen LogP contribution in [-0.4, -0.2) is 9.97 Å². The number of rotatable bonds is 6. The smallest absolute Gasteiger partial charge is 0.0979 e. The zero-order chi connectivity index (χ0) is 40.3. The average molecular weight is 793 g/mol. The van der Waals surface area contributed by atoms with E-state index in [4.69, 9.17) is 9.97 Å². The van der Waals surface area contributed by atoms with Crippen LogP contribution >= 0.6 is 11.3 Å². The van der Waals surface area contributed by atoms with E-state index in [2.05, 4.69) is 212 Å². The second-order valence-corrected chi connectivity index (χ2v) is 16.8. The number of benzene rings is 10. The molecule has 2 heterocycles. The van der Waals surface area contributed by atoms with Gasteiger partial charge in [-0.3, -0.25) is 4.98 Å². The molecule has 0 aliphatic heterocycles. The van der Waals surface area contributed by atoms with Gasteiger partial charge in [0.1, 0.15) is 0 Å². The van der Waals surface area contributed by atoms with Crippen LogP contribution in [0.5, 0.6) is 0 Å². The minimum atomic E-state index is 0.854. The van der Waals surface area contributed by atoms with E-state index in [1.54, 1.807) is 0 Å². The van der Waals surface area contributed by atoms with Crippen LogP contribution in [0.2, 0.25) is 0 Å². The summed E-state index contributed by atoms with van der Waals surface area (Å²) >= 11 is 1.85. The molecule has 12 rings (SSSR count). The lowest BCUT2D eigenvalue weighted by Crippen LogP contribution is -1.93. The first-order valence-electron chi connectivity index (χ1n) is 20.7. The topological polar surface area (TPSA) is 25.8 Å². The van der Waals surface area contributed by atoms with Gasteiger partial charge in [0.05, 0.1) is 22.9 Å². The first kappa shape index (κ1) is 35.2. The molecule has 2 aromatic heterocycles. The molecule has 3 heteroatoms. The molecule has 0 aliphatic rings. The molecule has 0 radical (unpaired) electrons. The molecule has 12 aromatic rings. The van der Waals surface area contributed by atoms with Gasteiger partial charge in [-0.25, -0.2) is 4.98 Å². The number of hydrogen-bond acceptors (Lipinski definition) is 3. The molecule has 284 valence electrons. The van der Waals surface area contributed by atoms with Crippen LogP contribution in [0.4, 0.5) is 0 Å². The molecule has 0 N–H and O–H groups in total. The molecule has 0 saturated carbocycles. The summed E-state index contributed by atoms with van der Waals surface area (Å²) in [5, 5.41) is 7.10. The fraction of sp³-hybridized carbons (Fsp3) is 0. The van der Waals surface area contributed by atoms with Gasteiger partial charge >= 0.3 is 0 Å². The highest BCUT2D eigenvalue weighted by molar-refractivity contribution is 7.25. The average Bonchev–Trinajstić information content (AvgIpc) is 3.72. The summed E-state index contributed by atoms with van der Waals surface area (Å²) in [5.41, 5.74) is 15.6. The van der Waals surface area contributed by atoms with Crippen molar-refractivity contribution in [1.29, 1.82) is 0 Å². The molecular weight excluding hydrogens is 757 g/mol. The van der Waals surface area contributed by atoms with Gasteiger partial charge in [0.2, 0.25) is 0 Å². The first-order valence-corrected chi connectivity index (χ1v) is 21.5. The Kier molecular flexibility index (Phi) is 8.39. The fourth-order valence-corrected chi connectivity index (χ4v) is 10.0. The Morgan fingerprint density at radius 3 is 1.33 bits per heavy atom. The summed E-state index contributed by atoms with van der Waals surface area (Å²) in [6, 6.07) is 76.7. The van der Waals surface area contributed by atoms with E-state index in [1.165, 1.54) is 64.7 Å². The van der Waals surface area contributed by atoms with Crippen LogP contribution in [0, 0.1) is 0 Å². The third-order valence-corrected chi connectivity index (χ3v) is 13.3. The lowest BCUT2D eigenvalue weighted by atomic mass is 9.92. The molecule has 0 fully saturated rings. The molecule has 0 spiro atoms. The molecule has 0 aliphatic carbocycles. The molecule has 0 amide bonds.